The fourth-order valence-corrected chi connectivity index (χ4v) is 4.16. The van der Waals surface area contributed by atoms with Gasteiger partial charge in [0.1, 0.15) is 5.75 Å². The van der Waals surface area contributed by atoms with Crippen LogP contribution in [-0.4, -0.2) is 24.8 Å². The van der Waals surface area contributed by atoms with E-state index in [4.69, 9.17) is 14.2 Å². The van der Waals surface area contributed by atoms with Crippen molar-refractivity contribution in [3.8, 4) is 17.2 Å². The van der Waals surface area contributed by atoms with Gasteiger partial charge in [0.2, 0.25) is 12.7 Å². The standard InChI is InChI=1S/C22H22N2O4S/c1-14-20(12-16-6-8-18-19(11-16)28-13-27-18)29-22(23-14)24-21(25)9-7-15-4-3-5-17(10-15)26-2/h3-6,8,10-11H,7,9,12-13H2,1-2H3,(H,23,24,25). The van der Waals surface area contributed by atoms with Crippen LogP contribution in [0.15, 0.2) is 42.5 Å². The molecule has 1 aliphatic rings. The molecular formula is C22H22N2O4S. The van der Waals surface area contributed by atoms with Gasteiger partial charge in [-0.25, -0.2) is 4.98 Å². The molecule has 0 bridgehead atoms. The number of hydrogen-bond acceptors (Lipinski definition) is 6. The largest absolute Gasteiger partial charge is 0.497 e. The molecule has 1 amide bonds. The van der Waals surface area contributed by atoms with Crippen LogP contribution >= 0.6 is 11.3 Å². The third-order valence-corrected chi connectivity index (χ3v) is 5.79. The van der Waals surface area contributed by atoms with E-state index >= 15 is 0 Å². The first-order valence-corrected chi connectivity index (χ1v) is 10.2. The second-order valence-corrected chi connectivity index (χ2v) is 7.88. The Hall–Kier alpha value is -3.06. The number of thiazole rings is 1. The summed E-state index contributed by atoms with van der Waals surface area (Å²) < 4.78 is 16.0. The number of aromatic nitrogens is 1. The molecule has 29 heavy (non-hydrogen) atoms. The zero-order valence-corrected chi connectivity index (χ0v) is 17.2. The number of anilines is 1. The summed E-state index contributed by atoms with van der Waals surface area (Å²) in [6.07, 6.45) is 1.78. The number of nitrogens with zero attached hydrogens (tertiary/aromatic N) is 1. The van der Waals surface area contributed by atoms with Crippen molar-refractivity contribution in [3.63, 3.8) is 0 Å². The van der Waals surface area contributed by atoms with Crippen LogP contribution in [0.5, 0.6) is 17.2 Å². The second-order valence-electron chi connectivity index (χ2n) is 6.79. The number of rotatable bonds is 7. The van der Waals surface area contributed by atoms with Gasteiger partial charge in [0.25, 0.3) is 0 Å². The van der Waals surface area contributed by atoms with Gasteiger partial charge < -0.3 is 19.5 Å². The van der Waals surface area contributed by atoms with E-state index in [0.29, 0.717) is 18.0 Å². The summed E-state index contributed by atoms with van der Waals surface area (Å²) >= 11 is 1.51. The Morgan fingerprint density at radius 1 is 1.17 bits per heavy atom. The van der Waals surface area contributed by atoms with Crippen LogP contribution in [0.2, 0.25) is 0 Å². The number of benzene rings is 2. The summed E-state index contributed by atoms with van der Waals surface area (Å²) in [5.41, 5.74) is 3.12. The minimum Gasteiger partial charge on any atom is -0.497 e. The summed E-state index contributed by atoms with van der Waals surface area (Å²) in [6, 6.07) is 13.7. The van der Waals surface area contributed by atoms with Crippen LogP contribution in [0.1, 0.15) is 28.1 Å². The molecule has 1 N–H and O–H groups in total. The SMILES string of the molecule is COc1cccc(CCC(=O)Nc2nc(C)c(Cc3ccc4c(c3)OCO4)s2)c1. The summed E-state index contributed by atoms with van der Waals surface area (Å²) in [5, 5.41) is 3.56. The lowest BCUT2D eigenvalue weighted by Gasteiger charge is -2.04. The molecule has 0 saturated heterocycles. The molecule has 4 rings (SSSR count). The van der Waals surface area contributed by atoms with Gasteiger partial charge in [0, 0.05) is 17.7 Å². The number of nitrogens with one attached hydrogen (secondary N) is 1. The quantitative estimate of drug-likeness (QED) is 0.627. The Labute approximate surface area is 173 Å². The van der Waals surface area contributed by atoms with E-state index in [0.717, 1.165) is 45.4 Å². The number of carbonyl (C=O) groups is 1. The third kappa shape index (κ3) is 4.68. The molecule has 0 aliphatic carbocycles. The first-order valence-electron chi connectivity index (χ1n) is 9.38. The van der Waals surface area contributed by atoms with Gasteiger partial charge in [-0.2, -0.15) is 0 Å². The van der Waals surface area contributed by atoms with Gasteiger partial charge in [0.05, 0.1) is 12.8 Å². The summed E-state index contributed by atoms with van der Waals surface area (Å²) in [4.78, 5) is 18.0. The van der Waals surface area contributed by atoms with Gasteiger partial charge in [0.15, 0.2) is 16.6 Å². The Morgan fingerprint density at radius 2 is 2.03 bits per heavy atom. The van der Waals surface area contributed by atoms with E-state index in [9.17, 15) is 4.79 Å². The summed E-state index contributed by atoms with van der Waals surface area (Å²) in [7, 11) is 1.64. The van der Waals surface area contributed by atoms with E-state index in [2.05, 4.69) is 10.3 Å². The fraction of sp³-hybridized carbons (Fsp3) is 0.273. The van der Waals surface area contributed by atoms with Crippen molar-refractivity contribution in [3.05, 3.63) is 64.2 Å². The fourth-order valence-electron chi connectivity index (χ4n) is 3.15. The molecule has 0 fully saturated rings. The van der Waals surface area contributed by atoms with Crippen LogP contribution in [0.4, 0.5) is 5.13 Å². The zero-order chi connectivity index (χ0) is 20.2. The van der Waals surface area contributed by atoms with Crippen molar-refractivity contribution >= 4 is 22.4 Å². The van der Waals surface area contributed by atoms with Crippen molar-refractivity contribution in [1.29, 1.82) is 0 Å². The van der Waals surface area contributed by atoms with Crippen LogP contribution in [0.25, 0.3) is 0 Å². The molecule has 6 nitrogen and oxygen atoms in total. The first-order chi connectivity index (χ1) is 14.1. The molecule has 150 valence electrons. The molecule has 2 heterocycles. The van der Waals surface area contributed by atoms with E-state index < -0.39 is 0 Å². The predicted molar refractivity (Wildman–Crippen MR) is 112 cm³/mol. The predicted octanol–water partition coefficient (Wildman–Crippen LogP) is 4.35. The van der Waals surface area contributed by atoms with E-state index in [1.807, 2.05) is 49.4 Å². The summed E-state index contributed by atoms with van der Waals surface area (Å²) in [6.45, 7) is 2.23. The maximum atomic E-state index is 12.3. The highest BCUT2D eigenvalue weighted by atomic mass is 32.1. The van der Waals surface area contributed by atoms with Crippen LogP contribution in [-0.2, 0) is 17.6 Å². The van der Waals surface area contributed by atoms with Gasteiger partial charge in [-0.1, -0.05) is 18.2 Å². The second kappa shape index (κ2) is 8.53. The van der Waals surface area contributed by atoms with Crippen LogP contribution in [0.3, 0.4) is 0 Å². The molecule has 0 unspecified atom stereocenters. The Kier molecular flexibility index (Phi) is 5.67. The highest BCUT2D eigenvalue weighted by molar-refractivity contribution is 7.15. The lowest BCUT2D eigenvalue weighted by molar-refractivity contribution is -0.116. The van der Waals surface area contributed by atoms with Crippen molar-refractivity contribution in [2.45, 2.75) is 26.2 Å². The number of carbonyl (C=O) groups excluding carboxylic acids is 1. The molecule has 0 radical (unpaired) electrons. The van der Waals surface area contributed by atoms with Gasteiger partial charge in [-0.15, -0.1) is 11.3 Å². The average molecular weight is 410 g/mol. The topological polar surface area (TPSA) is 69.7 Å². The average Bonchev–Trinajstić information content (AvgIpc) is 3.32. The monoisotopic (exact) mass is 410 g/mol. The Bertz CT molecular complexity index is 1030. The molecule has 7 heteroatoms. The van der Waals surface area contributed by atoms with Gasteiger partial charge in [-0.3, -0.25) is 4.79 Å². The number of aryl methyl sites for hydroxylation is 2. The number of fused-ring (bicyclic) bond motifs is 1. The van der Waals surface area contributed by atoms with Crippen molar-refractivity contribution in [2.24, 2.45) is 0 Å². The summed E-state index contributed by atoms with van der Waals surface area (Å²) in [5.74, 6) is 2.30. The van der Waals surface area contributed by atoms with Gasteiger partial charge >= 0.3 is 0 Å². The molecule has 0 saturated carbocycles. The molecule has 2 aromatic carbocycles. The zero-order valence-electron chi connectivity index (χ0n) is 16.4. The maximum Gasteiger partial charge on any atom is 0.231 e. The van der Waals surface area contributed by atoms with E-state index in [1.165, 1.54) is 11.3 Å². The lowest BCUT2D eigenvalue weighted by Crippen LogP contribution is -2.12. The van der Waals surface area contributed by atoms with Crippen LogP contribution < -0.4 is 19.5 Å². The minimum absolute atomic E-state index is 0.0452. The van der Waals surface area contributed by atoms with Crippen molar-refractivity contribution < 1.29 is 19.0 Å². The number of amides is 1. The van der Waals surface area contributed by atoms with Gasteiger partial charge in [-0.05, 0) is 48.7 Å². The van der Waals surface area contributed by atoms with Crippen molar-refractivity contribution in [1.82, 2.24) is 4.98 Å². The number of ether oxygens (including phenoxy) is 3. The van der Waals surface area contributed by atoms with E-state index in [-0.39, 0.29) is 12.7 Å². The highest BCUT2D eigenvalue weighted by Gasteiger charge is 2.15. The van der Waals surface area contributed by atoms with E-state index in [1.54, 1.807) is 7.11 Å². The normalized spacial score (nSPS) is 12.1. The smallest absolute Gasteiger partial charge is 0.231 e. The number of methoxy groups -OCH3 is 1. The van der Waals surface area contributed by atoms with Crippen molar-refractivity contribution in [2.75, 3.05) is 19.2 Å². The molecule has 3 aromatic rings. The number of hydrogen-bond donors (Lipinski definition) is 1. The third-order valence-electron chi connectivity index (χ3n) is 4.72. The highest BCUT2D eigenvalue weighted by Crippen LogP contribution is 2.34. The first kappa shape index (κ1) is 19.3. The molecule has 1 aliphatic heterocycles. The van der Waals surface area contributed by atoms with Crippen LogP contribution in [0, 0.1) is 6.92 Å². The Balaban J connectivity index is 1.35. The molecule has 0 atom stereocenters. The minimum atomic E-state index is -0.0452. The lowest BCUT2D eigenvalue weighted by atomic mass is 10.1. The molecular weight excluding hydrogens is 388 g/mol. The maximum absolute atomic E-state index is 12.3. The Morgan fingerprint density at radius 3 is 2.90 bits per heavy atom. The molecule has 1 aromatic heterocycles. The molecule has 0 spiro atoms.